The number of anilines is 1. The lowest BCUT2D eigenvalue weighted by atomic mass is 10.0. The Morgan fingerprint density at radius 1 is 1.07 bits per heavy atom. The van der Waals surface area contributed by atoms with E-state index in [0.29, 0.717) is 5.91 Å². The van der Waals surface area contributed by atoms with Crippen molar-refractivity contribution in [2.75, 3.05) is 31.1 Å². The van der Waals surface area contributed by atoms with Gasteiger partial charge in [-0.25, -0.2) is 9.97 Å². The predicted octanol–water partition coefficient (Wildman–Crippen LogP) is 3.80. The second kappa shape index (κ2) is 7.38. The van der Waals surface area contributed by atoms with Gasteiger partial charge in [0.05, 0.1) is 5.39 Å². The van der Waals surface area contributed by atoms with Crippen molar-refractivity contribution in [2.24, 2.45) is 5.92 Å². The molecular weight excluding hydrogens is 356 g/mol. The summed E-state index contributed by atoms with van der Waals surface area (Å²) in [6.07, 6.45) is 12.5. The molecule has 0 aromatic carbocycles. The van der Waals surface area contributed by atoms with Crippen molar-refractivity contribution < 1.29 is 4.79 Å². The smallest absolute Gasteiger partial charge is 0.222 e. The molecule has 2 aliphatic carbocycles. The van der Waals surface area contributed by atoms with E-state index < -0.39 is 0 Å². The maximum absolute atomic E-state index is 12.6. The molecule has 0 bridgehead atoms. The SMILES string of the molecule is O=C(CCC1CCCC1)N1CCN(c2ncnc3sc4c(c23)CCC4)CC1. The number of thiophene rings is 1. The van der Waals surface area contributed by atoms with Crippen molar-refractivity contribution in [3.8, 4) is 0 Å². The largest absolute Gasteiger partial charge is 0.352 e. The predicted molar refractivity (Wildman–Crippen MR) is 109 cm³/mol. The third-order valence-electron chi connectivity index (χ3n) is 6.65. The van der Waals surface area contributed by atoms with Gasteiger partial charge in [0, 0.05) is 37.5 Å². The molecule has 3 heterocycles. The Labute approximate surface area is 164 Å². The van der Waals surface area contributed by atoms with Crippen molar-refractivity contribution in [1.82, 2.24) is 14.9 Å². The third kappa shape index (κ3) is 3.33. The van der Waals surface area contributed by atoms with Gasteiger partial charge >= 0.3 is 0 Å². The number of rotatable bonds is 4. The van der Waals surface area contributed by atoms with Crippen molar-refractivity contribution in [3.63, 3.8) is 0 Å². The number of hydrogen-bond acceptors (Lipinski definition) is 5. The fraction of sp³-hybridized carbons (Fsp3) is 0.667. The average molecular weight is 385 g/mol. The second-order valence-corrected chi connectivity index (χ2v) is 9.38. The molecule has 0 N–H and O–H groups in total. The minimum Gasteiger partial charge on any atom is -0.352 e. The van der Waals surface area contributed by atoms with Gasteiger partial charge in [0.25, 0.3) is 0 Å². The highest BCUT2D eigenvalue weighted by molar-refractivity contribution is 7.19. The number of carbonyl (C=O) groups excluding carboxylic acids is 1. The number of amides is 1. The van der Waals surface area contributed by atoms with Crippen LogP contribution in [0.25, 0.3) is 10.2 Å². The summed E-state index contributed by atoms with van der Waals surface area (Å²) in [4.78, 5) is 28.9. The molecule has 2 aromatic rings. The number of aromatic nitrogens is 2. The van der Waals surface area contributed by atoms with Gasteiger partial charge in [-0.05, 0) is 37.2 Å². The van der Waals surface area contributed by atoms with Crippen LogP contribution in [0.3, 0.4) is 0 Å². The molecular formula is C21H28N4OS. The van der Waals surface area contributed by atoms with Crippen molar-refractivity contribution in [2.45, 2.75) is 57.8 Å². The summed E-state index contributed by atoms with van der Waals surface area (Å²) in [5, 5.41) is 1.29. The van der Waals surface area contributed by atoms with Gasteiger partial charge in [-0.2, -0.15) is 0 Å². The topological polar surface area (TPSA) is 49.3 Å². The molecule has 0 radical (unpaired) electrons. The van der Waals surface area contributed by atoms with Gasteiger partial charge < -0.3 is 9.80 Å². The summed E-state index contributed by atoms with van der Waals surface area (Å²) < 4.78 is 0. The average Bonchev–Trinajstić information content (AvgIpc) is 3.43. The van der Waals surface area contributed by atoms with E-state index in [2.05, 4.69) is 19.8 Å². The highest BCUT2D eigenvalue weighted by atomic mass is 32.1. The Morgan fingerprint density at radius 3 is 2.70 bits per heavy atom. The fourth-order valence-electron chi connectivity index (χ4n) is 5.10. The summed E-state index contributed by atoms with van der Waals surface area (Å²) in [5.41, 5.74) is 1.49. The number of aryl methyl sites for hydroxylation is 2. The van der Waals surface area contributed by atoms with Crippen LogP contribution >= 0.6 is 11.3 Å². The Bertz CT molecular complexity index is 834. The van der Waals surface area contributed by atoms with Gasteiger partial charge in [-0.1, -0.05) is 25.7 Å². The number of piperazine rings is 1. The minimum atomic E-state index is 0.353. The molecule has 0 spiro atoms. The number of fused-ring (bicyclic) bond motifs is 3. The standard InChI is InChI=1S/C21H28N4OS/c26-18(9-8-15-4-1-2-5-15)24-10-12-25(13-11-24)20-19-16-6-3-7-17(16)27-21(19)23-14-22-20/h14-15H,1-13H2. The third-order valence-corrected chi connectivity index (χ3v) is 7.85. The molecule has 0 unspecified atom stereocenters. The molecule has 6 heteroatoms. The molecule has 27 heavy (non-hydrogen) atoms. The van der Waals surface area contributed by atoms with Gasteiger partial charge in [-0.15, -0.1) is 11.3 Å². The van der Waals surface area contributed by atoms with E-state index in [1.165, 1.54) is 54.4 Å². The summed E-state index contributed by atoms with van der Waals surface area (Å²) >= 11 is 1.85. The molecule has 3 aliphatic rings. The first-order valence-corrected chi connectivity index (χ1v) is 11.4. The molecule has 5 rings (SSSR count). The van der Waals surface area contributed by atoms with E-state index in [1.54, 1.807) is 6.33 Å². The number of carbonyl (C=O) groups is 1. The molecule has 144 valence electrons. The molecule has 2 aromatic heterocycles. The first-order valence-electron chi connectivity index (χ1n) is 10.6. The summed E-state index contributed by atoms with van der Waals surface area (Å²) in [6, 6.07) is 0. The van der Waals surface area contributed by atoms with Crippen molar-refractivity contribution in [1.29, 1.82) is 0 Å². The first kappa shape index (κ1) is 17.4. The van der Waals surface area contributed by atoms with Crippen LogP contribution in [0.2, 0.25) is 0 Å². The zero-order valence-electron chi connectivity index (χ0n) is 16.0. The first-order chi connectivity index (χ1) is 13.3. The van der Waals surface area contributed by atoms with E-state index >= 15 is 0 Å². The lowest BCUT2D eigenvalue weighted by Gasteiger charge is -2.36. The van der Waals surface area contributed by atoms with Gasteiger partial charge in [0.15, 0.2) is 0 Å². The van der Waals surface area contributed by atoms with E-state index in [9.17, 15) is 4.79 Å². The Balaban J connectivity index is 1.24. The highest BCUT2D eigenvalue weighted by Crippen LogP contribution is 2.40. The Kier molecular flexibility index (Phi) is 4.76. The molecule has 2 fully saturated rings. The van der Waals surface area contributed by atoms with Crippen molar-refractivity contribution >= 4 is 33.3 Å². The van der Waals surface area contributed by atoms with Crippen LogP contribution < -0.4 is 4.90 Å². The van der Waals surface area contributed by atoms with Crippen LogP contribution in [-0.4, -0.2) is 47.0 Å². The lowest BCUT2D eigenvalue weighted by molar-refractivity contribution is -0.131. The van der Waals surface area contributed by atoms with Crippen LogP contribution in [0, 0.1) is 5.92 Å². The minimum absolute atomic E-state index is 0.353. The highest BCUT2D eigenvalue weighted by Gasteiger charge is 2.27. The van der Waals surface area contributed by atoms with Crippen LogP contribution in [0.4, 0.5) is 5.82 Å². The zero-order chi connectivity index (χ0) is 18.2. The van der Waals surface area contributed by atoms with Crippen LogP contribution in [-0.2, 0) is 17.6 Å². The molecule has 1 amide bonds. The Morgan fingerprint density at radius 2 is 1.89 bits per heavy atom. The van der Waals surface area contributed by atoms with E-state index in [0.717, 1.165) is 62.0 Å². The number of nitrogens with zero attached hydrogens (tertiary/aromatic N) is 4. The molecule has 1 saturated heterocycles. The molecule has 0 atom stereocenters. The summed E-state index contributed by atoms with van der Waals surface area (Å²) in [7, 11) is 0. The second-order valence-electron chi connectivity index (χ2n) is 8.29. The normalized spacial score (nSPS) is 20.6. The van der Waals surface area contributed by atoms with Gasteiger partial charge in [0.1, 0.15) is 17.0 Å². The van der Waals surface area contributed by atoms with Crippen LogP contribution in [0.1, 0.15) is 55.4 Å². The monoisotopic (exact) mass is 384 g/mol. The van der Waals surface area contributed by atoms with Gasteiger partial charge in [-0.3, -0.25) is 4.79 Å². The molecule has 1 aliphatic heterocycles. The molecule has 1 saturated carbocycles. The van der Waals surface area contributed by atoms with Crippen LogP contribution in [0.15, 0.2) is 6.33 Å². The zero-order valence-corrected chi connectivity index (χ0v) is 16.8. The summed E-state index contributed by atoms with van der Waals surface area (Å²) in [5.74, 6) is 2.24. The van der Waals surface area contributed by atoms with Gasteiger partial charge in [0.2, 0.25) is 5.91 Å². The Hall–Kier alpha value is -1.69. The maximum atomic E-state index is 12.6. The van der Waals surface area contributed by atoms with E-state index in [1.807, 2.05) is 11.3 Å². The molecule has 5 nitrogen and oxygen atoms in total. The van der Waals surface area contributed by atoms with E-state index in [-0.39, 0.29) is 0 Å². The van der Waals surface area contributed by atoms with Crippen molar-refractivity contribution in [3.05, 3.63) is 16.8 Å². The van der Waals surface area contributed by atoms with E-state index in [4.69, 9.17) is 0 Å². The number of hydrogen-bond donors (Lipinski definition) is 0. The lowest BCUT2D eigenvalue weighted by Crippen LogP contribution is -2.49. The summed E-state index contributed by atoms with van der Waals surface area (Å²) in [6.45, 7) is 3.40. The fourth-order valence-corrected chi connectivity index (χ4v) is 6.33. The quantitative estimate of drug-likeness (QED) is 0.804. The van der Waals surface area contributed by atoms with Crippen LogP contribution in [0.5, 0.6) is 0 Å². The maximum Gasteiger partial charge on any atom is 0.222 e.